The number of aromatic nitrogens is 4. The highest BCUT2D eigenvalue weighted by Gasteiger charge is 2.47. The number of anilines is 1. The van der Waals surface area contributed by atoms with Gasteiger partial charge in [-0.05, 0) is 52.4 Å². The fourth-order valence-electron chi connectivity index (χ4n) is 6.89. The van der Waals surface area contributed by atoms with Crippen molar-refractivity contribution in [2.24, 2.45) is 16.2 Å². The summed E-state index contributed by atoms with van der Waals surface area (Å²) in [5.74, 6) is -2.42. The standard InChI is InChI=1S/C40H68N7O19P3/c1-38(2,18-14-12-10-8-7-9-11-13-15-19-39(3,4)37(53)54)27(48)16-20-42-28(49)17-21-43-35(52)32(51)40(5,6)23-63-69(60,61)66-68(58,59)62-22-26-31(65-67(55,56)57)30(50)36(64-26)47-25-46-29-33(41)44-24-45-34(29)47/h7,9,24-26,30-32,36,50-51H,8,10-23H2,1-6H3,(H,42,49)(H,43,52)(H,53,54)(H,58,59)(H,60,61)(H2,41,44,45)(H2,55,56,57)/p-4/b9-7+. The van der Waals surface area contributed by atoms with Gasteiger partial charge in [0.05, 0.1) is 32.8 Å². The van der Waals surface area contributed by atoms with Gasteiger partial charge in [0.1, 0.15) is 42.0 Å². The molecule has 1 aliphatic rings. The molecule has 29 heteroatoms. The van der Waals surface area contributed by atoms with E-state index in [1.54, 1.807) is 13.8 Å². The SMILES string of the molecule is CC(C)(CCCC/C=C/CCCCCC(C)(C)C(=O)CCNC(=O)CCNC(=O)C(O)C(C)(C)COP(=O)([O-])OP(=O)([O-])OCC1OC(n2cnc3c(N)ncnc32)C(O)C1OP(=O)([O-])[O-])C(=O)O. The zero-order valence-electron chi connectivity index (χ0n) is 39.4. The molecule has 1 saturated heterocycles. The Morgan fingerprint density at radius 3 is 2.10 bits per heavy atom. The summed E-state index contributed by atoms with van der Waals surface area (Å²) in [5, 5.41) is 35.6. The zero-order chi connectivity index (χ0) is 52.0. The summed E-state index contributed by atoms with van der Waals surface area (Å²) in [6.45, 7) is 7.08. The number of nitrogens with two attached hydrogens (primary N) is 1. The first-order valence-electron chi connectivity index (χ1n) is 22.1. The van der Waals surface area contributed by atoms with Crippen LogP contribution in [0.25, 0.3) is 11.2 Å². The maximum atomic E-state index is 12.9. The normalized spacial score (nSPS) is 20.4. The molecule has 1 fully saturated rings. The van der Waals surface area contributed by atoms with Crippen molar-refractivity contribution in [1.29, 1.82) is 0 Å². The molecule has 0 bridgehead atoms. The minimum absolute atomic E-state index is 0.0227. The quantitative estimate of drug-likeness (QED) is 0.0339. The molecule has 2 aromatic rings. The molecule has 7 atom stereocenters. The topological polar surface area (TPSA) is 412 Å². The van der Waals surface area contributed by atoms with Crippen molar-refractivity contribution in [3.8, 4) is 0 Å². The number of amides is 2. The Hall–Kier alpha value is -3.58. The molecular weight excluding hydrogens is 975 g/mol. The van der Waals surface area contributed by atoms with E-state index < -0.39 is 101 Å². The van der Waals surface area contributed by atoms with Gasteiger partial charge in [0, 0.05) is 36.8 Å². The number of carbonyl (C=O) groups is 4. The molecule has 0 aliphatic carbocycles. The lowest BCUT2D eigenvalue weighted by molar-refractivity contribution is -0.347. The van der Waals surface area contributed by atoms with Crippen LogP contribution in [-0.2, 0) is 55.5 Å². The average molecular weight is 1040 g/mol. The van der Waals surface area contributed by atoms with Gasteiger partial charge in [0.15, 0.2) is 17.7 Å². The summed E-state index contributed by atoms with van der Waals surface area (Å²) in [6, 6.07) is 0. The van der Waals surface area contributed by atoms with Crippen molar-refractivity contribution in [3.63, 3.8) is 0 Å². The fourth-order valence-corrected chi connectivity index (χ4v) is 9.62. The molecule has 2 amide bonds. The molecule has 3 rings (SSSR count). The van der Waals surface area contributed by atoms with E-state index in [0.717, 1.165) is 62.2 Å². The number of carbonyl (C=O) groups excluding carboxylic acids is 3. The number of ketones is 1. The molecule has 7 N–H and O–H groups in total. The predicted octanol–water partition coefficient (Wildman–Crippen LogP) is 1.04. The van der Waals surface area contributed by atoms with E-state index in [9.17, 15) is 67.8 Å². The molecule has 69 heavy (non-hydrogen) atoms. The summed E-state index contributed by atoms with van der Waals surface area (Å²) in [4.78, 5) is 109. The van der Waals surface area contributed by atoms with Crippen LogP contribution in [-0.4, -0.2) is 109 Å². The highest BCUT2D eigenvalue weighted by atomic mass is 31.3. The monoisotopic (exact) mass is 1040 g/mol. The van der Waals surface area contributed by atoms with Crippen LogP contribution >= 0.6 is 23.5 Å². The number of aliphatic carboxylic acids is 1. The Morgan fingerprint density at radius 1 is 0.870 bits per heavy atom. The molecule has 2 aromatic heterocycles. The van der Waals surface area contributed by atoms with Crippen molar-refractivity contribution < 1.29 is 90.4 Å². The molecule has 26 nitrogen and oxygen atoms in total. The molecule has 3 heterocycles. The van der Waals surface area contributed by atoms with E-state index in [1.807, 2.05) is 13.8 Å². The second kappa shape index (κ2) is 25.7. The van der Waals surface area contributed by atoms with E-state index >= 15 is 0 Å². The molecule has 0 radical (unpaired) electrons. The number of carboxylic acids is 1. The third-order valence-electron chi connectivity index (χ3n) is 11.3. The number of unbranched alkanes of at least 4 members (excludes halogenated alkanes) is 5. The van der Waals surface area contributed by atoms with Gasteiger partial charge in [-0.15, -0.1) is 0 Å². The number of aliphatic hydroxyl groups excluding tert-OH is 2. The van der Waals surface area contributed by atoms with Gasteiger partial charge < -0.3 is 74.1 Å². The number of rotatable bonds is 32. The van der Waals surface area contributed by atoms with Gasteiger partial charge in [0.2, 0.25) is 11.8 Å². The summed E-state index contributed by atoms with van der Waals surface area (Å²) in [5.41, 5.74) is 2.74. The third kappa shape index (κ3) is 19.5. The first-order valence-corrected chi connectivity index (χ1v) is 26.5. The summed E-state index contributed by atoms with van der Waals surface area (Å²) >= 11 is 0. The summed E-state index contributed by atoms with van der Waals surface area (Å²) in [6.07, 6.45) is 4.32. The van der Waals surface area contributed by atoms with Crippen LogP contribution in [0.4, 0.5) is 5.82 Å². The van der Waals surface area contributed by atoms with E-state index in [2.05, 4.69) is 55.6 Å². The minimum Gasteiger partial charge on any atom is -0.790 e. The molecule has 1 aliphatic heterocycles. The maximum absolute atomic E-state index is 12.9. The number of Topliss-reactive ketones (excluding diaryl/α,β-unsaturated/α-hetero) is 1. The number of phosphoric ester groups is 3. The van der Waals surface area contributed by atoms with Crippen molar-refractivity contribution in [2.75, 3.05) is 32.0 Å². The number of nitrogens with one attached hydrogen (secondary N) is 2. The number of allylic oxidation sites excluding steroid dienone is 2. The van der Waals surface area contributed by atoms with Gasteiger partial charge in [0.25, 0.3) is 15.6 Å². The minimum atomic E-state index is -5.94. The van der Waals surface area contributed by atoms with E-state index in [4.69, 9.17) is 10.5 Å². The second-order valence-electron chi connectivity index (χ2n) is 18.5. The Morgan fingerprint density at radius 2 is 1.46 bits per heavy atom. The Balaban J connectivity index is 1.36. The van der Waals surface area contributed by atoms with Crippen LogP contribution in [0.1, 0.15) is 118 Å². The lowest BCUT2D eigenvalue weighted by Crippen LogP contribution is -2.46. The number of ether oxygens (including phenoxy) is 1. The Labute approximate surface area is 399 Å². The highest BCUT2D eigenvalue weighted by molar-refractivity contribution is 7.59. The number of nitrogen functional groups attached to an aromatic ring is 1. The fraction of sp³-hybridized carbons (Fsp3) is 0.725. The smallest absolute Gasteiger partial charge is 0.309 e. The lowest BCUT2D eigenvalue weighted by Gasteiger charge is -2.36. The number of hydrogen-bond donors (Lipinski definition) is 6. The van der Waals surface area contributed by atoms with Crippen LogP contribution in [0.5, 0.6) is 0 Å². The molecular formula is C40H64N7O19P3-4. The van der Waals surface area contributed by atoms with Crippen LogP contribution in [0, 0.1) is 16.2 Å². The van der Waals surface area contributed by atoms with Crippen molar-refractivity contribution in [2.45, 2.75) is 143 Å². The van der Waals surface area contributed by atoms with E-state index in [0.29, 0.717) is 12.8 Å². The third-order valence-corrected chi connectivity index (χ3v) is 14.3. The number of hydrogen-bond acceptors (Lipinski definition) is 22. The highest BCUT2D eigenvalue weighted by Crippen LogP contribution is 2.56. The molecule has 392 valence electrons. The molecule has 7 unspecified atom stereocenters. The number of fused-ring (bicyclic) bond motifs is 1. The molecule has 0 saturated carbocycles. The van der Waals surface area contributed by atoms with E-state index in [-0.39, 0.29) is 48.7 Å². The number of carboxylic acid groups (broad SMARTS) is 1. The Kier molecular flexibility index (Phi) is 22.2. The predicted molar refractivity (Wildman–Crippen MR) is 236 cm³/mol. The van der Waals surface area contributed by atoms with Crippen LogP contribution in [0.15, 0.2) is 24.8 Å². The average Bonchev–Trinajstić information content (AvgIpc) is 3.80. The second-order valence-corrected chi connectivity index (χ2v) is 22.6. The number of phosphoric acid groups is 3. The molecule has 0 spiro atoms. The lowest BCUT2D eigenvalue weighted by atomic mass is 9.81. The first kappa shape index (κ1) is 59.7. The zero-order valence-corrected chi connectivity index (χ0v) is 42.1. The van der Waals surface area contributed by atoms with Crippen LogP contribution < -0.4 is 35.9 Å². The van der Waals surface area contributed by atoms with Gasteiger partial charge in [-0.2, -0.15) is 0 Å². The van der Waals surface area contributed by atoms with Gasteiger partial charge in [-0.1, -0.05) is 59.1 Å². The van der Waals surface area contributed by atoms with Gasteiger partial charge in [-0.3, -0.25) is 32.9 Å². The maximum Gasteiger partial charge on any atom is 0.309 e. The molecule has 0 aromatic carbocycles. The van der Waals surface area contributed by atoms with Crippen molar-refractivity contribution >= 4 is 64.0 Å². The van der Waals surface area contributed by atoms with Crippen molar-refractivity contribution in [3.05, 3.63) is 24.8 Å². The van der Waals surface area contributed by atoms with Crippen LogP contribution in [0.2, 0.25) is 0 Å². The number of imidazole rings is 1. The van der Waals surface area contributed by atoms with Crippen molar-refractivity contribution in [1.82, 2.24) is 30.2 Å². The van der Waals surface area contributed by atoms with Gasteiger partial charge >= 0.3 is 5.97 Å². The largest absolute Gasteiger partial charge is 0.790 e. The summed E-state index contributed by atoms with van der Waals surface area (Å²) in [7, 11) is -17.7. The first-order chi connectivity index (χ1) is 31.9. The van der Waals surface area contributed by atoms with E-state index in [1.165, 1.54) is 13.8 Å². The Bertz CT molecular complexity index is 2240. The van der Waals surface area contributed by atoms with Crippen LogP contribution in [0.3, 0.4) is 0 Å². The number of nitrogens with zero attached hydrogens (tertiary/aromatic N) is 4. The van der Waals surface area contributed by atoms with Gasteiger partial charge in [-0.25, -0.2) is 19.3 Å². The number of aliphatic hydroxyl groups is 2. The summed E-state index contributed by atoms with van der Waals surface area (Å²) < 4.78 is 60.9.